The molecule has 12 nitrogen and oxygen atoms in total. The monoisotopic (exact) mass is 699 g/mol. The Morgan fingerprint density at radius 3 is 1.06 bits per heavy atom. The summed E-state index contributed by atoms with van der Waals surface area (Å²) in [5.74, 6) is -2.35. The van der Waals surface area contributed by atoms with Crippen LogP contribution in [0, 0.1) is 27.7 Å². The number of hydrogen-bond donors (Lipinski definition) is 6. The standard InChI is InChI=1S/2C15H15NO2.2C2H8N2.Cu.2H2O/c2*1-10-6-5-9-13(11(10)2)16-14-8-4-3-7-12(14)15(17)18;2*3-1-2-4;;;/h2*3-9,16H,1-2H3,(H,17,18);2*1-4H2;;2*1H2/q;;;;+2;;/p-2. The first-order valence-corrected chi connectivity index (χ1v) is 14.1. The van der Waals surface area contributed by atoms with Crippen molar-refractivity contribution in [3.63, 3.8) is 0 Å². The van der Waals surface area contributed by atoms with Gasteiger partial charge in [-0.25, -0.2) is 0 Å². The van der Waals surface area contributed by atoms with Crippen LogP contribution in [0.1, 0.15) is 43.0 Å². The molecule has 0 aromatic heterocycles. The molecular formula is C34H48CuN6O6. The van der Waals surface area contributed by atoms with Gasteiger partial charge < -0.3 is 64.3 Å². The molecule has 47 heavy (non-hydrogen) atoms. The zero-order chi connectivity index (χ0) is 33.1. The topological polar surface area (TPSA) is 271 Å². The Balaban J connectivity index is -0.000000638. The third-order valence-corrected chi connectivity index (χ3v) is 6.38. The quantitative estimate of drug-likeness (QED) is 0.142. The van der Waals surface area contributed by atoms with Crippen LogP contribution >= 0.6 is 0 Å². The number of anilines is 4. The van der Waals surface area contributed by atoms with Crippen LogP contribution in [0.4, 0.5) is 22.7 Å². The van der Waals surface area contributed by atoms with Crippen LogP contribution in [0.5, 0.6) is 0 Å². The summed E-state index contributed by atoms with van der Waals surface area (Å²) in [5.41, 5.74) is 27.4. The van der Waals surface area contributed by atoms with Gasteiger partial charge in [-0.3, -0.25) is 0 Å². The maximum atomic E-state index is 11.0. The van der Waals surface area contributed by atoms with E-state index in [1.165, 1.54) is 12.1 Å². The Labute approximate surface area is 287 Å². The Kier molecular flexibility index (Phi) is 25.9. The minimum absolute atomic E-state index is 0. The van der Waals surface area contributed by atoms with Crippen LogP contribution in [0.25, 0.3) is 0 Å². The van der Waals surface area contributed by atoms with E-state index in [9.17, 15) is 19.8 Å². The van der Waals surface area contributed by atoms with Crippen molar-refractivity contribution in [2.24, 2.45) is 22.9 Å². The van der Waals surface area contributed by atoms with Crippen LogP contribution in [0.3, 0.4) is 0 Å². The van der Waals surface area contributed by atoms with Gasteiger partial charge in [0.1, 0.15) is 0 Å². The van der Waals surface area contributed by atoms with Crippen molar-refractivity contribution in [2.45, 2.75) is 27.7 Å². The van der Waals surface area contributed by atoms with Crippen LogP contribution in [-0.4, -0.2) is 49.1 Å². The molecule has 4 aromatic carbocycles. The van der Waals surface area contributed by atoms with E-state index in [4.69, 9.17) is 22.9 Å². The summed E-state index contributed by atoms with van der Waals surface area (Å²) < 4.78 is 0. The molecule has 0 aliphatic carbocycles. The third-order valence-electron chi connectivity index (χ3n) is 6.38. The number of aromatic carboxylic acids is 2. The largest absolute Gasteiger partial charge is 2.00 e. The Morgan fingerprint density at radius 1 is 0.511 bits per heavy atom. The van der Waals surface area contributed by atoms with Crippen molar-refractivity contribution in [2.75, 3.05) is 36.8 Å². The van der Waals surface area contributed by atoms with Crippen molar-refractivity contribution in [3.8, 4) is 0 Å². The number of nitrogens with two attached hydrogens (primary N) is 4. The number of hydrogen-bond acceptors (Lipinski definition) is 10. The molecule has 0 unspecified atom stereocenters. The molecule has 0 atom stereocenters. The van der Waals surface area contributed by atoms with Gasteiger partial charge in [-0.1, -0.05) is 60.7 Å². The number of nitrogens with one attached hydrogen (secondary N) is 2. The van der Waals surface area contributed by atoms with Gasteiger partial charge in [0.05, 0.1) is 11.9 Å². The normalized spacial score (nSPS) is 9.02. The molecule has 0 amide bonds. The average Bonchev–Trinajstić information content (AvgIpc) is 3.02. The van der Waals surface area contributed by atoms with E-state index < -0.39 is 11.9 Å². The number of carbonyl (C=O) groups is 2. The van der Waals surface area contributed by atoms with Gasteiger partial charge in [0.25, 0.3) is 0 Å². The van der Waals surface area contributed by atoms with E-state index >= 15 is 0 Å². The summed E-state index contributed by atoms with van der Waals surface area (Å²) >= 11 is 0. The molecule has 0 aliphatic rings. The van der Waals surface area contributed by atoms with Crippen LogP contribution in [0.2, 0.25) is 0 Å². The molecule has 4 rings (SSSR count). The van der Waals surface area contributed by atoms with Crippen molar-refractivity contribution < 1.29 is 47.8 Å². The van der Waals surface area contributed by atoms with Crippen LogP contribution in [-0.2, 0) is 17.1 Å². The van der Waals surface area contributed by atoms with Crippen LogP contribution < -0.4 is 43.8 Å². The molecule has 4 aromatic rings. The van der Waals surface area contributed by atoms with Gasteiger partial charge in [-0.15, -0.1) is 0 Å². The molecule has 0 heterocycles. The maximum Gasteiger partial charge on any atom is 2.00 e. The van der Waals surface area contributed by atoms with Gasteiger partial charge in [-0.2, -0.15) is 0 Å². The number of carbonyl (C=O) groups excluding carboxylic acids is 2. The predicted molar refractivity (Wildman–Crippen MR) is 183 cm³/mol. The molecule has 13 heteroatoms. The second-order valence-electron chi connectivity index (χ2n) is 9.57. The second-order valence-corrected chi connectivity index (χ2v) is 9.57. The van der Waals surface area contributed by atoms with E-state index in [0.717, 1.165) is 33.6 Å². The smallest absolute Gasteiger partial charge is 0.545 e. The van der Waals surface area contributed by atoms with Crippen molar-refractivity contribution in [1.29, 1.82) is 0 Å². The van der Waals surface area contributed by atoms with E-state index in [1.54, 1.807) is 36.4 Å². The summed E-state index contributed by atoms with van der Waals surface area (Å²) in [7, 11) is 0. The van der Waals surface area contributed by atoms with Gasteiger partial charge in [-0.05, 0) is 74.2 Å². The molecule has 261 valence electrons. The number of rotatable bonds is 8. The third kappa shape index (κ3) is 16.2. The molecule has 0 fully saturated rings. The summed E-state index contributed by atoms with van der Waals surface area (Å²) in [6, 6.07) is 25.2. The fourth-order valence-corrected chi connectivity index (χ4v) is 3.60. The Morgan fingerprint density at radius 2 is 0.787 bits per heavy atom. The van der Waals surface area contributed by atoms with E-state index in [-0.39, 0.29) is 39.1 Å². The summed E-state index contributed by atoms with van der Waals surface area (Å²) in [5, 5.41) is 28.3. The van der Waals surface area contributed by atoms with Gasteiger partial charge in [0, 0.05) is 60.1 Å². The zero-order valence-corrected chi connectivity index (χ0v) is 28.1. The summed E-state index contributed by atoms with van der Waals surface area (Å²) in [6.07, 6.45) is 0. The number of carboxylic acids is 2. The molecule has 0 spiro atoms. The van der Waals surface area contributed by atoms with Gasteiger partial charge in [0.15, 0.2) is 0 Å². The van der Waals surface area contributed by atoms with E-state index in [0.29, 0.717) is 37.6 Å². The summed E-state index contributed by atoms with van der Waals surface area (Å²) in [6.45, 7) is 10.4. The fourth-order valence-electron chi connectivity index (χ4n) is 3.60. The zero-order valence-electron chi connectivity index (χ0n) is 27.2. The number of para-hydroxylation sites is 2. The van der Waals surface area contributed by atoms with Gasteiger partial charge in [0.2, 0.25) is 0 Å². The number of carboxylic acid groups (broad SMARTS) is 2. The van der Waals surface area contributed by atoms with Gasteiger partial charge >= 0.3 is 17.1 Å². The molecule has 14 N–H and O–H groups in total. The van der Waals surface area contributed by atoms with E-state index in [1.807, 2.05) is 64.1 Å². The Bertz CT molecular complexity index is 1370. The second kappa shape index (κ2) is 25.8. The van der Waals surface area contributed by atoms with Crippen molar-refractivity contribution in [3.05, 3.63) is 118 Å². The van der Waals surface area contributed by atoms with E-state index in [2.05, 4.69) is 10.6 Å². The predicted octanol–water partition coefficient (Wildman–Crippen LogP) is 0.977. The summed E-state index contributed by atoms with van der Waals surface area (Å²) in [4.78, 5) is 22.0. The SMILES string of the molecule is Cc1cccc(Nc2ccccc2C(=O)[O-])c1C.Cc1cccc(Nc2ccccc2C(=O)[O-])c1C.NCCN.NCCN.O.O.[Cu+2]. The first-order valence-electron chi connectivity index (χ1n) is 14.1. The minimum Gasteiger partial charge on any atom is -0.545 e. The molecule has 0 saturated carbocycles. The number of aryl methyl sites for hydroxylation is 2. The number of benzene rings is 4. The molecule has 0 aliphatic heterocycles. The molecule has 1 radical (unpaired) electrons. The molecular weight excluding hydrogens is 652 g/mol. The molecule has 0 saturated heterocycles. The average molecular weight is 700 g/mol. The van der Waals surface area contributed by atoms with Crippen molar-refractivity contribution in [1.82, 2.24) is 0 Å². The first-order chi connectivity index (χ1) is 21.0. The minimum atomic E-state index is -1.18. The fraction of sp³-hybridized carbons (Fsp3) is 0.235. The van der Waals surface area contributed by atoms with Crippen LogP contribution in [0.15, 0.2) is 84.9 Å². The molecule has 0 bridgehead atoms. The Hall–Kier alpha value is -4.30. The first kappa shape index (κ1) is 47.1. The maximum absolute atomic E-state index is 11.0. The van der Waals surface area contributed by atoms with Crippen molar-refractivity contribution >= 4 is 34.7 Å².